The molecular formula is C21H28N6O2. The van der Waals surface area contributed by atoms with Gasteiger partial charge in [0.15, 0.2) is 5.65 Å². The average Bonchev–Trinajstić information content (AvgIpc) is 3.08. The van der Waals surface area contributed by atoms with Gasteiger partial charge in [-0.2, -0.15) is 4.98 Å². The standard InChI is InChI=1S/C21H28N6O2/c1-13-5-3-4-6-17(13)24-21-25-18-11-22-20(23-15-7-9-16(29)10-8-15)26-19(18)27(21)14(2)12-28/h3-6,11,14-16,28-29H,7-10,12H2,1-2H3,(H,24,25)(H,22,23,26)/t14-,15-,16-/m1/s1. The van der Waals surface area contributed by atoms with E-state index in [0.29, 0.717) is 23.1 Å². The Bertz CT molecular complexity index is 980. The van der Waals surface area contributed by atoms with E-state index in [2.05, 4.69) is 20.6 Å². The number of para-hydroxylation sites is 1. The van der Waals surface area contributed by atoms with Gasteiger partial charge in [-0.15, -0.1) is 0 Å². The number of fused-ring (bicyclic) bond motifs is 1. The van der Waals surface area contributed by atoms with Crippen LogP contribution >= 0.6 is 0 Å². The highest BCUT2D eigenvalue weighted by Gasteiger charge is 2.22. The topological polar surface area (TPSA) is 108 Å². The number of aromatic nitrogens is 4. The molecule has 0 bridgehead atoms. The Labute approximate surface area is 170 Å². The van der Waals surface area contributed by atoms with Gasteiger partial charge in [-0.25, -0.2) is 9.97 Å². The Kier molecular flexibility index (Phi) is 5.64. The molecule has 1 aliphatic rings. The van der Waals surface area contributed by atoms with E-state index in [0.717, 1.165) is 36.9 Å². The second kappa shape index (κ2) is 8.34. The highest BCUT2D eigenvalue weighted by Crippen LogP contribution is 2.28. The molecular weight excluding hydrogens is 368 g/mol. The van der Waals surface area contributed by atoms with E-state index in [4.69, 9.17) is 4.98 Å². The van der Waals surface area contributed by atoms with Crippen molar-refractivity contribution >= 4 is 28.7 Å². The van der Waals surface area contributed by atoms with Crippen LogP contribution in [-0.4, -0.2) is 48.5 Å². The second-order valence-corrected chi connectivity index (χ2v) is 7.83. The molecule has 4 rings (SSSR count). The molecule has 2 heterocycles. The van der Waals surface area contributed by atoms with Gasteiger partial charge in [0.05, 0.1) is 24.9 Å². The van der Waals surface area contributed by atoms with Gasteiger partial charge in [-0.1, -0.05) is 18.2 Å². The summed E-state index contributed by atoms with van der Waals surface area (Å²) >= 11 is 0. The summed E-state index contributed by atoms with van der Waals surface area (Å²) in [7, 11) is 0. The number of aryl methyl sites for hydroxylation is 1. The summed E-state index contributed by atoms with van der Waals surface area (Å²) in [5.41, 5.74) is 3.42. The number of benzene rings is 1. The minimum Gasteiger partial charge on any atom is -0.394 e. The zero-order valence-electron chi connectivity index (χ0n) is 16.8. The molecule has 0 aliphatic heterocycles. The largest absolute Gasteiger partial charge is 0.394 e. The average molecular weight is 396 g/mol. The van der Waals surface area contributed by atoms with Gasteiger partial charge >= 0.3 is 0 Å². The summed E-state index contributed by atoms with van der Waals surface area (Å²) in [4.78, 5) is 13.8. The van der Waals surface area contributed by atoms with Crippen LogP contribution in [0.2, 0.25) is 0 Å². The van der Waals surface area contributed by atoms with Crippen LogP contribution in [0.3, 0.4) is 0 Å². The third-order valence-corrected chi connectivity index (χ3v) is 5.56. The minimum absolute atomic E-state index is 0.0266. The first-order valence-electron chi connectivity index (χ1n) is 10.2. The molecule has 0 spiro atoms. The number of nitrogens with zero attached hydrogens (tertiary/aromatic N) is 4. The SMILES string of the molecule is Cc1ccccc1Nc1nc2cnc(N[C@H]3CC[C@H](O)CC3)nc2n1[C@H](C)CO. The summed E-state index contributed by atoms with van der Waals surface area (Å²) in [5.74, 6) is 1.18. The number of imidazole rings is 1. The third kappa shape index (κ3) is 4.18. The van der Waals surface area contributed by atoms with Gasteiger partial charge in [0.25, 0.3) is 0 Å². The van der Waals surface area contributed by atoms with Crippen molar-refractivity contribution in [3.8, 4) is 0 Å². The number of anilines is 3. The number of hydrogen-bond acceptors (Lipinski definition) is 7. The summed E-state index contributed by atoms with van der Waals surface area (Å²) < 4.78 is 1.92. The number of rotatable bonds is 6. The third-order valence-electron chi connectivity index (χ3n) is 5.56. The fourth-order valence-corrected chi connectivity index (χ4v) is 3.78. The maximum atomic E-state index is 9.81. The normalized spacial score (nSPS) is 20.6. The summed E-state index contributed by atoms with van der Waals surface area (Å²) in [6.45, 7) is 3.94. The van der Waals surface area contributed by atoms with Crippen molar-refractivity contribution in [2.24, 2.45) is 0 Å². The molecule has 4 N–H and O–H groups in total. The molecule has 1 aliphatic carbocycles. The zero-order chi connectivity index (χ0) is 20.4. The molecule has 8 heteroatoms. The van der Waals surface area contributed by atoms with Crippen molar-refractivity contribution in [1.82, 2.24) is 19.5 Å². The van der Waals surface area contributed by atoms with E-state index in [1.807, 2.05) is 42.7 Å². The number of nitrogens with one attached hydrogen (secondary N) is 2. The van der Waals surface area contributed by atoms with E-state index in [1.165, 1.54) is 0 Å². The Morgan fingerprint density at radius 1 is 1.17 bits per heavy atom. The lowest BCUT2D eigenvalue weighted by atomic mass is 9.93. The predicted molar refractivity (Wildman–Crippen MR) is 113 cm³/mol. The molecule has 1 atom stereocenters. The van der Waals surface area contributed by atoms with Crippen molar-refractivity contribution in [2.45, 2.75) is 57.7 Å². The lowest BCUT2D eigenvalue weighted by molar-refractivity contribution is 0.126. The monoisotopic (exact) mass is 396 g/mol. The molecule has 1 fully saturated rings. The predicted octanol–water partition coefficient (Wildman–Crippen LogP) is 3.15. The fraction of sp³-hybridized carbons (Fsp3) is 0.476. The van der Waals surface area contributed by atoms with Crippen LogP contribution in [0.1, 0.15) is 44.2 Å². The van der Waals surface area contributed by atoms with Crippen molar-refractivity contribution in [1.29, 1.82) is 0 Å². The first-order valence-corrected chi connectivity index (χ1v) is 10.2. The Hall–Kier alpha value is -2.71. The molecule has 29 heavy (non-hydrogen) atoms. The van der Waals surface area contributed by atoms with E-state index in [9.17, 15) is 10.2 Å². The molecule has 3 aromatic rings. The maximum absolute atomic E-state index is 9.81. The van der Waals surface area contributed by atoms with Gasteiger partial charge < -0.3 is 20.8 Å². The van der Waals surface area contributed by atoms with Gasteiger partial charge in [0.1, 0.15) is 5.52 Å². The van der Waals surface area contributed by atoms with E-state index in [-0.39, 0.29) is 24.8 Å². The van der Waals surface area contributed by atoms with E-state index >= 15 is 0 Å². The van der Waals surface area contributed by atoms with Crippen molar-refractivity contribution in [3.05, 3.63) is 36.0 Å². The lowest BCUT2D eigenvalue weighted by Crippen LogP contribution is -2.29. The van der Waals surface area contributed by atoms with Crippen molar-refractivity contribution in [3.63, 3.8) is 0 Å². The Morgan fingerprint density at radius 2 is 1.93 bits per heavy atom. The summed E-state index contributed by atoms with van der Waals surface area (Å²) in [6, 6.07) is 8.06. The molecule has 1 aromatic carbocycles. The molecule has 0 amide bonds. The minimum atomic E-state index is -0.196. The van der Waals surface area contributed by atoms with Crippen LogP contribution in [0.25, 0.3) is 11.2 Å². The first kappa shape index (κ1) is 19.6. The number of aliphatic hydroxyl groups is 2. The van der Waals surface area contributed by atoms with Crippen LogP contribution in [0, 0.1) is 6.92 Å². The maximum Gasteiger partial charge on any atom is 0.224 e. The van der Waals surface area contributed by atoms with E-state index < -0.39 is 0 Å². The molecule has 0 saturated heterocycles. The fourth-order valence-electron chi connectivity index (χ4n) is 3.78. The molecule has 154 valence electrons. The van der Waals surface area contributed by atoms with Gasteiger partial charge in [0, 0.05) is 11.7 Å². The first-order chi connectivity index (χ1) is 14.0. The molecule has 2 aromatic heterocycles. The summed E-state index contributed by atoms with van der Waals surface area (Å²) in [6.07, 6.45) is 4.90. The zero-order valence-corrected chi connectivity index (χ0v) is 16.8. The van der Waals surface area contributed by atoms with E-state index in [1.54, 1.807) is 6.20 Å². The number of aliphatic hydroxyl groups excluding tert-OH is 2. The Morgan fingerprint density at radius 3 is 2.66 bits per heavy atom. The Balaban J connectivity index is 1.67. The second-order valence-electron chi connectivity index (χ2n) is 7.83. The number of hydrogen-bond donors (Lipinski definition) is 4. The van der Waals surface area contributed by atoms with Gasteiger partial charge in [-0.05, 0) is 51.2 Å². The molecule has 0 radical (unpaired) electrons. The smallest absolute Gasteiger partial charge is 0.224 e. The highest BCUT2D eigenvalue weighted by atomic mass is 16.3. The summed E-state index contributed by atoms with van der Waals surface area (Å²) in [5, 5.41) is 26.3. The van der Waals surface area contributed by atoms with Crippen molar-refractivity contribution < 1.29 is 10.2 Å². The van der Waals surface area contributed by atoms with Crippen molar-refractivity contribution in [2.75, 3.05) is 17.2 Å². The molecule has 1 saturated carbocycles. The van der Waals surface area contributed by atoms with Crippen LogP contribution in [0.4, 0.5) is 17.6 Å². The van der Waals surface area contributed by atoms with Crippen LogP contribution < -0.4 is 10.6 Å². The lowest BCUT2D eigenvalue weighted by Gasteiger charge is -2.26. The molecule has 0 unspecified atom stereocenters. The van der Waals surface area contributed by atoms with Crippen LogP contribution in [0.5, 0.6) is 0 Å². The van der Waals surface area contributed by atoms with Crippen LogP contribution in [-0.2, 0) is 0 Å². The van der Waals surface area contributed by atoms with Gasteiger partial charge in [0.2, 0.25) is 11.9 Å². The highest BCUT2D eigenvalue weighted by molar-refractivity contribution is 5.77. The quantitative estimate of drug-likeness (QED) is 0.507. The molecule has 8 nitrogen and oxygen atoms in total. The van der Waals surface area contributed by atoms with Gasteiger partial charge in [-0.3, -0.25) is 4.57 Å². The van der Waals surface area contributed by atoms with Crippen LogP contribution in [0.15, 0.2) is 30.5 Å².